The molecule has 2 amide bonds. The summed E-state index contributed by atoms with van der Waals surface area (Å²) in [5.74, 6) is -0.366. The Balaban J connectivity index is 1.80. The number of halogens is 1. The first-order valence-electron chi connectivity index (χ1n) is 8.71. The molecule has 1 atom stereocenters. The van der Waals surface area contributed by atoms with Crippen LogP contribution in [0.5, 0.6) is 0 Å². The maximum atomic E-state index is 13.7. The van der Waals surface area contributed by atoms with E-state index in [-0.39, 0.29) is 11.9 Å². The molecular weight excluding hydrogens is 363 g/mol. The lowest BCUT2D eigenvalue weighted by atomic mass is 10.2. The van der Waals surface area contributed by atoms with Crippen LogP contribution in [0.15, 0.2) is 41.2 Å². The van der Waals surface area contributed by atoms with E-state index in [1.807, 2.05) is 38.2 Å². The Kier molecular flexibility index (Phi) is 5.60. The highest BCUT2D eigenvalue weighted by molar-refractivity contribution is 8.00. The molecule has 0 radical (unpaired) electrons. The second kappa shape index (κ2) is 7.92. The summed E-state index contributed by atoms with van der Waals surface area (Å²) in [5, 5.41) is 7.34. The third-order valence-electron chi connectivity index (χ3n) is 4.49. The summed E-state index contributed by atoms with van der Waals surface area (Å²) in [6, 6.07) is 5.47. The van der Waals surface area contributed by atoms with Crippen LogP contribution in [0.1, 0.15) is 20.8 Å². The third kappa shape index (κ3) is 4.03. The molecular formula is C20H23FN4OS. The SMILES string of the molecule is C\C=C(F)/C=c1/c(NC(=O)Nc2ccc3c(c2)N(C)C(C)S3)c[nH]/c1=C/C. The summed E-state index contributed by atoms with van der Waals surface area (Å²) in [6.45, 7) is 5.61. The Morgan fingerprint density at radius 2 is 2.11 bits per heavy atom. The van der Waals surface area contributed by atoms with Crippen molar-refractivity contribution in [2.45, 2.75) is 31.0 Å². The van der Waals surface area contributed by atoms with Crippen molar-refractivity contribution in [1.82, 2.24) is 4.98 Å². The number of benzene rings is 1. The van der Waals surface area contributed by atoms with Crippen molar-refractivity contribution >= 4 is 47.0 Å². The van der Waals surface area contributed by atoms with Gasteiger partial charge in [-0.2, -0.15) is 0 Å². The molecule has 0 spiro atoms. The lowest BCUT2D eigenvalue weighted by Crippen LogP contribution is -2.28. The molecule has 2 aromatic rings. The molecule has 0 saturated carbocycles. The number of H-pyrrole nitrogens is 1. The quantitative estimate of drug-likeness (QED) is 0.747. The van der Waals surface area contributed by atoms with Crippen molar-refractivity contribution < 1.29 is 9.18 Å². The van der Waals surface area contributed by atoms with E-state index in [4.69, 9.17) is 0 Å². The summed E-state index contributed by atoms with van der Waals surface area (Å²) < 4.78 is 13.7. The van der Waals surface area contributed by atoms with Crippen LogP contribution in [0.2, 0.25) is 0 Å². The number of allylic oxidation sites excluding steroid dienone is 2. The average Bonchev–Trinajstić information content (AvgIpc) is 3.15. The van der Waals surface area contributed by atoms with Gasteiger partial charge in [0, 0.05) is 34.4 Å². The lowest BCUT2D eigenvalue weighted by molar-refractivity contribution is 0.262. The monoisotopic (exact) mass is 386 g/mol. The molecule has 0 aliphatic carbocycles. The van der Waals surface area contributed by atoms with Crippen molar-refractivity contribution in [1.29, 1.82) is 0 Å². The highest BCUT2D eigenvalue weighted by Crippen LogP contribution is 2.43. The van der Waals surface area contributed by atoms with E-state index < -0.39 is 0 Å². The van der Waals surface area contributed by atoms with E-state index in [0.29, 0.717) is 22.0 Å². The van der Waals surface area contributed by atoms with E-state index in [1.54, 1.807) is 24.9 Å². The van der Waals surface area contributed by atoms with Gasteiger partial charge in [-0.15, -0.1) is 0 Å². The van der Waals surface area contributed by atoms with E-state index in [0.717, 1.165) is 11.0 Å². The fraction of sp³-hybridized carbons (Fsp3) is 0.250. The zero-order valence-electron chi connectivity index (χ0n) is 15.8. The minimum absolute atomic E-state index is 0.366. The standard InChI is InChI=1S/C20H23FN4OS/c1-5-13(21)9-15-16(6-2)22-11-17(15)24-20(26)23-14-7-8-19-18(10-14)25(4)12(3)27-19/h5-12,22H,1-4H3,(H2,23,24,26)/b13-5+,15-9+,16-6+. The molecule has 1 aromatic heterocycles. The summed E-state index contributed by atoms with van der Waals surface area (Å²) in [7, 11) is 2.04. The zero-order valence-corrected chi connectivity index (χ0v) is 16.6. The number of carbonyl (C=O) groups excluding carboxylic acids is 1. The maximum Gasteiger partial charge on any atom is 0.323 e. The normalized spacial score (nSPS) is 18.0. The number of hydrogen-bond acceptors (Lipinski definition) is 3. The van der Waals surface area contributed by atoms with Gasteiger partial charge >= 0.3 is 6.03 Å². The minimum Gasteiger partial charge on any atom is -0.362 e. The number of rotatable bonds is 3. The van der Waals surface area contributed by atoms with Gasteiger partial charge in [0.25, 0.3) is 0 Å². The number of thioether (sulfide) groups is 1. The molecule has 0 fully saturated rings. The maximum absolute atomic E-state index is 13.7. The summed E-state index contributed by atoms with van der Waals surface area (Å²) in [5.41, 5.74) is 2.31. The molecule has 27 heavy (non-hydrogen) atoms. The van der Waals surface area contributed by atoms with Crippen LogP contribution in [0, 0.1) is 0 Å². The Morgan fingerprint density at radius 3 is 2.81 bits per heavy atom. The first kappa shape index (κ1) is 19.1. The molecule has 3 N–H and O–H groups in total. The molecule has 7 heteroatoms. The molecule has 3 rings (SSSR count). The molecule has 1 aromatic carbocycles. The molecule has 2 heterocycles. The smallest absolute Gasteiger partial charge is 0.323 e. The zero-order chi connectivity index (χ0) is 19.6. The number of anilines is 3. The highest BCUT2D eigenvalue weighted by Gasteiger charge is 2.23. The average molecular weight is 386 g/mol. The van der Waals surface area contributed by atoms with Crippen molar-refractivity contribution in [3.63, 3.8) is 0 Å². The Labute approximate surface area is 162 Å². The molecule has 0 bridgehead atoms. The number of aromatic nitrogens is 1. The number of amides is 2. The predicted molar refractivity (Wildman–Crippen MR) is 112 cm³/mol. The van der Waals surface area contributed by atoms with Crippen LogP contribution >= 0.6 is 11.8 Å². The number of carbonyl (C=O) groups is 1. The van der Waals surface area contributed by atoms with Crippen LogP contribution < -0.4 is 26.1 Å². The second-order valence-corrected chi connectivity index (χ2v) is 7.58. The summed E-state index contributed by atoms with van der Waals surface area (Å²) in [6.07, 6.45) is 6.24. The van der Waals surface area contributed by atoms with Crippen LogP contribution in [-0.2, 0) is 0 Å². The molecule has 5 nitrogen and oxygen atoms in total. The van der Waals surface area contributed by atoms with E-state index >= 15 is 0 Å². The molecule has 142 valence electrons. The van der Waals surface area contributed by atoms with Gasteiger partial charge in [-0.3, -0.25) is 0 Å². The fourth-order valence-corrected chi connectivity index (χ4v) is 3.99. The summed E-state index contributed by atoms with van der Waals surface area (Å²) in [4.78, 5) is 18.9. The fourth-order valence-electron chi connectivity index (χ4n) is 2.88. The lowest BCUT2D eigenvalue weighted by Gasteiger charge is -2.17. The van der Waals surface area contributed by atoms with Gasteiger partial charge in [0.1, 0.15) is 5.83 Å². The number of aromatic amines is 1. The van der Waals surface area contributed by atoms with Gasteiger partial charge < -0.3 is 20.5 Å². The van der Waals surface area contributed by atoms with Crippen LogP contribution in [0.4, 0.5) is 26.2 Å². The largest absolute Gasteiger partial charge is 0.362 e. The van der Waals surface area contributed by atoms with E-state index in [1.165, 1.54) is 17.0 Å². The van der Waals surface area contributed by atoms with Gasteiger partial charge in [0.2, 0.25) is 0 Å². The Bertz CT molecular complexity index is 1010. The number of hydrogen-bond donors (Lipinski definition) is 3. The Morgan fingerprint density at radius 1 is 1.33 bits per heavy atom. The van der Waals surface area contributed by atoms with Crippen LogP contribution in [0.3, 0.4) is 0 Å². The van der Waals surface area contributed by atoms with Crippen LogP contribution in [-0.4, -0.2) is 23.4 Å². The van der Waals surface area contributed by atoms with Crippen molar-refractivity contribution in [2.24, 2.45) is 0 Å². The topological polar surface area (TPSA) is 60.2 Å². The van der Waals surface area contributed by atoms with E-state index in [9.17, 15) is 9.18 Å². The first-order valence-corrected chi connectivity index (χ1v) is 9.59. The van der Waals surface area contributed by atoms with Gasteiger partial charge in [0.15, 0.2) is 0 Å². The summed E-state index contributed by atoms with van der Waals surface area (Å²) >= 11 is 1.79. The molecule has 0 saturated heterocycles. The van der Waals surface area contributed by atoms with Crippen LogP contribution in [0.25, 0.3) is 12.2 Å². The molecule has 1 aliphatic heterocycles. The van der Waals surface area contributed by atoms with Gasteiger partial charge in [0.05, 0.1) is 16.7 Å². The second-order valence-electron chi connectivity index (χ2n) is 6.23. The minimum atomic E-state index is -0.381. The molecule has 1 unspecified atom stereocenters. The number of urea groups is 1. The number of fused-ring (bicyclic) bond motifs is 1. The highest BCUT2D eigenvalue weighted by atomic mass is 32.2. The van der Waals surface area contributed by atoms with Crippen molar-refractivity contribution in [3.05, 3.63) is 46.9 Å². The predicted octanol–water partition coefficient (Wildman–Crippen LogP) is 4.00. The van der Waals surface area contributed by atoms with Crippen molar-refractivity contribution in [3.8, 4) is 0 Å². The van der Waals surface area contributed by atoms with Gasteiger partial charge in [-0.1, -0.05) is 23.9 Å². The first-order chi connectivity index (χ1) is 12.9. The Hall–Kier alpha value is -2.67. The number of nitrogens with one attached hydrogen (secondary N) is 3. The van der Waals surface area contributed by atoms with Crippen molar-refractivity contribution in [2.75, 3.05) is 22.6 Å². The van der Waals surface area contributed by atoms with Gasteiger partial charge in [-0.05, 0) is 45.0 Å². The van der Waals surface area contributed by atoms with E-state index in [2.05, 4.69) is 27.4 Å². The van der Waals surface area contributed by atoms with Gasteiger partial charge in [-0.25, -0.2) is 9.18 Å². The number of nitrogens with zero attached hydrogens (tertiary/aromatic N) is 1. The third-order valence-corrected chi connectivity index (χ3v) is 5.74. The molecule has 1 aliphatic rings.